The molecule has 0 amide bonds. The summed E-state index contributed by atoms with van der Waals surface area (Å²) in [4.78, 5) is 5.71. The number of hydrogen-bond acceptors (Lipinski definition) is 3. The molecular formula is C11H9ClN2S2. The number of hydrogen-bond donors (Lipinski definition) is 1. The van der Waals surface area contributed by atoms with E-state index in [9.17, 15) is 0 Å². The number of aryl methyl sites for hydroxylation is 1. The van der Waals surface area contributed by atoms with Gasteiger partial charge in [0.2, 0.25) is 0 Å². The zero-order valence-corrected chi connectivity index (χ0v) is 10.9. The van der Waals surface area contributed by atoms with Gasteiger partial charge in [0.05, 0.1) is 10.6 Å². The highest BCUT2D eigenvalue weighted by molar-refractivity contribution is 7.81. The molecule has 0 saturated carbocycles. The Morgan fingerprint density at radius 1 is 1.38 bits per heavy atom. The molecule has 0 fully saturated rings. The van der Waals surface area contributed by atoms with Crippen LogP contribution in [-0.4, -0.2) is 9.97 Å². The molecule has 0 saturated heterocycles. The number of halogens is 1. The molecule has 0 aliphatic carbocycles. The minimum absolute atomic E-state index is 0.398. The molecule has 1 aromatic carbocycles. The number of rotatable bonds is 2. The lowest BCUT2D eigenvalue weighted by atomic mass is 10.2. The van der Waals surface area contributed by atoms with Crippen LogP contribution in [0.15, 0.2) is 24.3 Å². The molecule has 2 N–H and O–H groups in total. The third kappa shape index (κ3) is 2.24. The van der Waals surface area contributed by atoms with E-state index in [0.29, 0.717) is 10.0 Å². The predicted octanol–water partition coefficient (Wildman–Crippen LogP) is 3.41. The molecule has 2 aromatic rings. The van der Waals surface area contributed by atoms with Gasteiger partial charge < -0.3 is 5.73 Å². The first kappa shape index (κ1) is 11.5. The van der Waals surface area contributed by atoms with Crippen molar-refractivity contribution in [3.63, 3.8) is 0 Å². The third-order valence-electron chi connectivity index (χ3n) is 2.11. The average Bonchev–Trinajstić information content (AvgIpc) is 2.61. The Hall–Kier alpha value is -0.970. The summed E-state index contributed by atoms with van der Waals surface area (Å²) < 4.78 is 0. The van der Waals surface area contributed by atoms with E-state index in [1.807, 2.05) is 31.2 Å². The van der Waals surface area contributed by atoms with Crippen molar-refractivity contribution >= 4 is 40.1 Å². The molecule has 16 heavy (non-hydrogen) atoms. The minimum atomic E-state index is 0.398. The molecule has 0 aliphatic heterocycles. The molecule has 82 valence electrons. The summed E-state index contributed by atoms with van der Waals surface area (Å²) in [6, 6.07) is 7.55. The number of aromatic nitrogens is 1. The van der Waals surface area contributed by atoms with Crippen LogP contribution in [0.4, 0.5) is 0 Å². The van der Waals surface area contributed by atoms with Crippen molar-refractivity contribution < 1.29 is 0 Å². The predicted molar refractivity (Wildman–Crippen MR) is 73.2 cm³/mol. The first-order valence-corrected chi connectivity index (χ1v) is 6.21. The molecule has 0 unspecified atom stereocenters. The average molecular weight is 269 g/mol. The van der Waals surface area contributed by atoms with Crippen molar-refractivity contribution in [2.45, 2.75) is 6.92 Å². The van der Waals surface area contributed by atoms with Crippen molar-refractivity contribution in [2.75, 3.05) is 0 Å². The van der Waals surface area contributed by atoms with Crippen molar-refractivity contribution in [3.05, 3.63) is 39.9 Å². The van der Waals surface area contributed by atoms with Crippen LogP contribution in [0, 0.1) is 6.92 Å². The van der Waals surface area contributed by atoms with E-state index in [4.69, 9.17) is 29.6 Å². The van der Waals surface area contributed by atoms with Gasteiger partial charge in [-0.15, -0.1) is 11.3 Å². The normalized spacial score (nSPS) is 10.4. The summed E-state index contributed by atoms with van der Waals surface area (Å²) in [6.45, 7) is 1.91. The molecule has 0 atom stereocenters. The topological polar surface area (TPSA) is 38.9 Å². The second kappa shape index (κ2) is 4.49. The second-order valence-electron chi connectivity index (χ2n) is 3.30. The van der Waals surface area contributed by atoms with Gasteiger partial charge in [-0.1, -0.05) is 36.0 Å². The summed E-state index contributed by atoms with van der Waals surface area (Å²) in [6.07, 6.45) is 0. The zero-order chi connectivity index (χ0) is 11.7. The Morgan fingerprint density at radius 3 is 2.50 bits per heavy atom. The molecule has 5 heteroatoms. The third-order valence-corrected chi connectivity index (χ3v) is 3.94. The van der Waals surface area contributed by atoms with Crippen LogP contribution in [0.25, 0.3) is 10.6 Å². The molecule has 2 nitrogen and oxygen atoms in total. The molecule has 1 aromatic heterocycles. The highest BCUT2D eigenvalue weighted by Crippen LogP contribution is 2.28. The van der Waals surface area contributed by atoms with Crippen molar-refractivity contribution in [2.24, 2.45) is 5.73 Å². The summed E-state index contributed by atoms with van der Waals surface area (Å²) in [5, 5.41) is 1.63. The van der Waals surface area contributed by atoms with Crippen LogP contribution in [0.3, 0.4) is 0 Å². The van der Waals surface area contributed by atoms with Gasteiger partial charge in [0.1, 0.15) is 10.00 Å². The fraction of sp³-hybridized carbons (Fsp3) is 0.0909. The Bertz CT molecular complexity index is 531. The Morgan fingerprint density at radius 2 is 2.00 bits per heavy atom. The Labute approximate surface area is 108 Å². The van der Waals surface area contributed by atoms with Crippen molar-refractivity contribution in [3.8, 4) is 10.6 Å². The first-order chi connectivity index (χ1) is 7.58. The molecule has 0 bridgehead atoms. The molecule has 0 spiro atoms. The number of benzene rings is 1. The fourth-order valence-corrected chi connectivity index (χ4v) is 2.66. The Kier molecular flexibility index (Phi) is 3.23. The van der Waals surface area contributed by atoms with Crippen molar-refractivity contribution in [1.82, 2.24) is 4.98 Å². The van der Waals surface area contributed by atoms with Crippen LogP contribution < -0.4 is 5.73 Å². The van der Waals surface area contributed by atoms with E-state index in [-0.39, 0.29) is 0 Å². The van der Waals surface area contributed by atoms with E-state index >= 15 is 0 Å². The quantitative estimate of drug-likeness (QED) is 0.849. The monoisotopic (exact) mass is 268 g/mol. The fourth-order valence-electron chi connectivity index (χ4n) is 1.34. The molecule has 2 rings (SSSR count). The highest BCUT2D eigenvalue weighted by atomic mass is 35.5. The van der Waals surface area contributed by atoms with Gasteiger partial charge in [0.25, 0.3) is 0 Å². The Balaban J connectivity index is 2.45. The van der Waals surface area contributed by atoms with Gasteiger partial charge in [-0.05, 0) is 19.1 Å². The van der Waals surface area contributed by atoms with Crippen LogP contribution in [0.2, 0.25) is 5.02 Å². The number of nitrogens with zero attached hydrogens (tertiary/aromatic N) is 1. The molecule has 0 aliphatic rings. The van der Waals surface area contributed by atoms with E-state index in [0.717, 1.165) is 21.1 Å². The summed E-state index contributed by atoms with van der Waals surface area (Å²) in [7, 11) is 0. The molecular weight excluding hydrogens is 260 g/mol. The lowest BCUT2D eigenvalue weighted by Crippen LogP contribution is -2.08. The maximum absolute atomic E-state index is 5.83. The number of nitrogens with two attached hydrogens (primary N) is 1. The van der Waals surface area contributed by atoms with Gasteiger partial charge in [-0.2, -0.15) is 0 Å². The van der Waals surface area contributed by atoms with Crippen LogP contribution in [0.1, 0.15) is 10.6 Å². The highest BCUT2D eigenvalue weighted by Gasteiger charge is 2.10. The van der Waals surface area contributed by atoms with Gasteiger partial charge in [0, 0.05) is 10.6 Å². The molecule has 1 heterocycles. The number of thiazole rings is 1. The summed E-state index contributed by atoms with van der Waals surface area (Å²) >= 11 is 12.3. The van der Waals surface area contributed by atoms with Crippen LogP contribution >= 0.6 is 35.2 Å². The molecule has 0 radical (unpaired) electrons. The lowest BCUT2D eigenvalue weighted by Gasteiger charge is -1.95. The number of thiocarbonyl (C=S) groups is 1. The standard InChI is InChI=1S/C11H9ClN2S2/c1-6-9(10(13)15)16-11(14-6)7-2-4-8(12)5-3-7/h2-5H,1H3,(H2,13,15). The lowest BCUT2D eigenvalue weighted by molar-refractivity contribution is 1.26. The van der Waals surface area contributed by atoms with E-state index in [1.54, 1.807) is 0 Å². The van der Waals surface area contributed by atoms with Gasteiger partial charge in [0.15, 0.2) is 0 Å². The van der Waals surface area contributed by atoms with Gasteiger partial charge >= 0.3 is 0 Å². The largest absolute Gasteiger partial charge is 0.389 e. The summed E-state index contributed by atoms with van der Waals surface area (Å²) in [5.41, 5.74) is 7.52. The van der Waals surface area contributed by atoms with Gasteiger partial charge in [-0.25, -0.2) is 4.98 Å². The maximum atomic E-state index is 5.83. The van der Waals surface area contributed by atoms with E-state index in [2.05, 4.69) is 4.98 Å². The van der Waals surface area contributed by atoms with Crippen LogP contribution in [0.5, 0.6) is 0 Å². The smallest absolute Gasteiger partial charge is 0.124 e. The summed E-state index contributed by atoms with van der Waals surface area (Å²) in [5.74, 6) is 0. The van der Waals surface area contributed by atoms with Gasteiger partial charge in [-0.3, -0.25) is 0 Å². The van der Waals surface area contributed by atoms with E-state index in [1.165, 1.54) is 11.3 Å². The maximum Gasteiger partial charge on any atom is 0.124 e. The van der Waals surface area contributed by atoms with Crippen molar-refractivity contribution in [1.29, 1.82) is 0 Å². The minimum Gasteiger partial charge on any atom is -0.389 e. The first-order valence-electron chi connectivity index (χ1n) is 4.61. The second-order valence-corrected chi connectivity index (χ2v) is 5.18. The SMILES string of the molecule is Cc1nc(-c2ccc(Cl)cc2)sc1C(N)=S. The van der Waals surface area contributed by atoms with E-state index < -0.39 is 0 Å². The van der Waals surface area contributed by atoms with Crippen LogP contribution in [-0.2, 0) is 0 Å². The zero-order valence-electron chi connectivity index (χ0n) is 8.53.